The molecule has 0 radical (unpaired) electrons. The molecule has 0 aromatic carbocycles. The predicted octanol–water partition coefficient (Wildman–Crippen LogP) is 4.81. The summed E-state index contributed by atoms with van der Waals surface area (Å²) in [5, 5.41) is 0. The van der Waals surface area contributed by atoms with Gasteiger partial charge >= 0.3 is 11.9 Å². The van der Waals surface area contributed by atoms with E-state index in [1.807, 2.05) is 60.6 Å². The molecule has 4 heteroatoms. The number of ether oxygens (including phenoxy) is 2. The van der Waals surface area contributed by atoms with E-state index in [1.54, 1.807) is 0 Å². The zero-order chi connectivity index (χ0) is 18.1. The van der Waals surface area contributed by atoms with E-state index in [0.29, 0.717) is 12.8 Å². The summed E-state index contributed by atoms with van der Waals surface area (Å²) in [5.41, 5.74) is -0.865. The lowest BCUT2D eigenvalue weighted by Gasteiger charge is -2.23. The molecule has 0 N–H and O–H groups in total. The molecule has 0 aromatic rings. The van der Waals surface area contributed by atoms with Crippen LogP contribution in [-0.2, 0) is 19.1 Å². The summed E-state index contributed by atoms with van der Waals surface area (Å²) in [4.78, 5) is 23.6. The molecule has 0 saturated carbocycles. The number of rotatable bonds is 8. The highest BCUT2D eigenvalue weighted by molar-refractivity contribution is 5.72. The maximum Gasteiger partial charge on any atom is 0.309 e. The quantitative estimate of drug-likeness (QED) is 0.474. The van der Waals surface area contributed by atoms with Crippen LogP contribution in [0.2, 0.25) is 0 Å². The highest BCUT2D eigenvalue weighted by atomic mass is 16.6. The molecular weight excluding hydrogens is 292 g/mol. The predicted molar refractivity (Wildman–Crippen MR) is 93.1 cm³/mol. The summed E-state index contributed by atoms with van der Waals surface area (Å²) in [6.07, 6.45) is 7.42. The molecule has 0 rings (SSSR count). The van der Waals surface area contributed by atoms with Crippen molar-refractivity contribution in [2.24, 2.45) is 5.92 Å². The normalized spacial score (nSPS) is 13.9. The molecule has 1 unspecified atom stereocenters. The summed E-state index contributed by atoms with van der Waals surface area (Å²) in [6.45, 7) is 13.2. The largest absolute Gasteiger partial charge is 0.460 e. The van der Waals surface area contributed by atoms with E-state index in [-0.39, 0.29) is 17.9 Å². The van der Waals surface area contributed by atoms with Gasteiger partial charge in [-0.25, -0.2) is 0 Å². The number of carbonyl (C=O) groups excluding carboxylic acids is 2. The number of hydrogen-bond acceptors (Lipinski definition) is 4. The van der Waals surface area contributed by atoms with Crippen molar-refractivity contribution < 1.29 is 19.1 Å². The molecule has 0 aliphatic carbocycles. The van der Waals surface area contributed by atoms with Crippen LogP contribution in [0.4, 0.5) is 0 Å². The van der Waals surface area contributed by atoms with E-state index in [1.165, 1.54) is 0 Å². The average Bonchev–Trinajstić information content (AvgIpc) is 2.33. The maximum absolute atomic E-state index is 12.0. The van der Waals surface area contributed by atoms with Gasteiger partial charge in [0.2, 0.25) is 0 Å². The number of esters is 2. The minimum absolute atomic E-state index is 0.0651. The molecule has 0 saturated heterocycles. The summed E-state index contributed by atoms with van der Waals surface area (Å²) in [5.74, 6) is -0.366. The lowest BCUT2D eigenvalue weighted by Crippen LogP contribution is -2.28. The van der Waals surface area contributed by atoms with Crippen molar-refractivity contribution in [3.8, 4) is 0 Å². The van der Waals surface area contributed by atoms with Gasteiger partial charge in [-0.15, -0.1) is 0 Å². The zero-order valence-corrected chi connectivity index (χ0v) is 15.9. The Balaban J connectivity index is 4.03. The van der Waals surface area contributed by atoms with Crippen LogP contribution in [0.25, 0.3) is 0 Å². The molecule has 0 heterocycles. The van der Waals surface area contributed by atoms with Crippen molar-refractivity contribution >= 4 is 11.9 Å². The third kappa shape index (κ3) is 12.9. The fraction of sp³-hybridized carbons (Fsp3) is 0.789. The van der Waals surface area contributed by atoms with Crippen molar-refractivity contribution in [2.45, 2.75) is 91.8 Å². The Bertz CT molecular complexity index is 397. The van der Waals surface area contributed by atoms with Crippen molar-refractivity contribution in [3.63, 3.8) is 0 Å². The van der Waals surface area contributed by atoms with Crippen molar-refractivity contribution in [2.75, 3.05) is 0 Å². The van der Waals surface area contributed by atoms with Crippen LogP contribution < -0.4 is 0 Å². The Morgan fingerprint density at radius 3 is 1.91 bits per heavy atom. The second-order valence-corrected chi connectivity index (χ2v) is 7.81. The van der Waals surface area contributed by atoms with Crippen LogP contribution in [0, 0.1) is 5.92 Å². The van der Waals surface area contributed by atoms with Gasteiger partial charge in [0.25, 0.3) is 0 Å². The molecule has 0 aliphatic heterocycles. The molecular formula is C19H34O4. The van der Waals surface area contributed by atoms with Gasteiger partial charge in [0.05, 0.1) is 5.92 Å². The monoisotopic (exact) mass is 326 g/mol. The van der Waals surface area contributed by atoms with Gasteiger partial charge < -0.3 is 9.47 Å². The van der Waals surface area contributed by atoms with Gasteiger partial charge in [-0.05, 0) is 67.2 Å². The molecule has 23 heavy (non-hydrogen) atoms. The van der Waals surface area contributed by atoms with Crippen molar-refractivity contribution in [1.82, 2.24) is 0 Å². The lowest BCUT2D eigenvalue weighted by atomic mass is 10.00. The van der Waals surface area contributed by atoms with Gasteiger partial charge in [0.15, 0.2) is 0 Å². The standard InChI is InChI=1S/C19H34O4/c1-8-15(17(21)23-19(5,6)7)13-11-9-10-12-14-16(20)22-18(2,3)4/h9-10,15H,8,11-14H2,1-7H3. The molecule has 1 atom stereocenters. The van der Waals surface area contributed by atoms with E-state index >= 15 is 0 Å². The molecule has 134 valence electrons. The highest BCUT2D eigenvalue weighted by Crippen LogP contribution is 2.18. The number of carbonyl (C=O) groups is 2. The third-order valence-electron chi connectivity index (χ3n) is 3.02. The summed E-state index contributed by atoms with van der Waals surface area (Å²) in [6, 6.07) is 0. The first-order chi connectivity index (χ1) is 10.4. The number of hydrogen-bond donors (Lipinski definition) is 0. The third-order valence-corrected chi connectivity index (χ3v) is 3.02. The minimum Gasteiger partial charge on any atom is -0.460 e. The topological polar surface area (TPSA) is 52.6 Å². The molecule has 0 bridgehead atoms. The van der Waals surface area contributed by atoms with Crippen LogP contribution in [-0.4, -0.2) is 23.1 Å². The first-order valence-corrected chi connectivity index (χ1v) is 8.54. The van der Waals surface area contributed by atoms with E-state index in [4.69, 9.17) is 9.47 Å². The molecule has 0 spiro atoms. The SMILES string of the molecule is CCC(CCC=CCCC(=O)OC(C)(C)C)C(=O)OC(C)(C)C. The Morgan fingerprint density at radius 2 is 1.43 bits per heavy atom. The molecule has 0 amide bonds. The average molecular weight is 326 g/mol. The fourth-order valence-corrected chi connectivity index (χ4v) is 2.00. The smallest absolute Gasteiger partial charge is 0.309 e. The first-order valence-electron chi connectivity index (χ1n) is 8.54. The van der Waals surface area contributed by atoms with Crippen molar-refractivity contribution in [1.29, 1.82) is 0 Å². The minimum atomic E-state index is -0.437. The lowest BCUT2D eigenvalue weighted by molar-refractivity contribution is -0.160. The van der Waals surface area contributed by atoms with Gasteiger partial charge in [0, 0.05) is 6.42 Å². The van der Waals surface area contributed by atoms with Crippen LogP contribution in [0.15, 0.2) is 12.2 Å². The van der Waals surface area contributed by atoms with Crippen LogP contribution in [0.1, 0.15) is 80.6 Å². The van der Waals surface area contributed by atoms with Crippen molar-refractivity contribution in [3.05, 3.63) is 12.2 Å². The zero-order valence-electron chi connectivity index (χ0n) is 15.9. The Morgan fingerprint density at radius 1 is 0.913 bits per heavy atom. The van der Waals surface area contributed by atoms with E-state index in [2.05, 4.69) is 0 Å². The van der Waals surface area contributed by atoms with E-state index in [9.17, 15) is 9.59 Å². The molecule has 0 fully saturated rings. The molecule has 0 aromatic heterocycles. The highest BCUT2D eigenvalue weighted by Gasteiger charge is 2.23. The van der Waals surface area contributed by atoms with Gasteiger partial charge in [-0.2, -0.15) is 0 Å². The van der Waals surface area contributed by atoms with E-state index in [0.717, 1.165) is 19.3 Å². The number of allylic oxidation sites excluding steroid dienone is 2. The fourth-order valence-electron chi connectivity index (χ4n) is 2.00. The van der Waals surface area contributed by atoms with Gasteiger partial charge in [0.1, 0.15) is 11.2 Å². The Labute approximate surface area is 141 Å². The molecule has 0 aliphatic rings. The maximum atomic E-state index is 12.0. The first kappa shape index (κ1) is 21.7. The summed E-state index contributed by atoms with van der Waals surface area (Å²) in [7, 11) is 0. The Hall–Kier alpha value is -1.32. The van der Waals surface area contributed by atoms with Gasteiger partial charge in [-0.1, -0.05) is 19.1 Å². The molecule has 4 nitrogen and oxygen atoms in total. The second-order valence-electron chi connectivity index (χ2n) is 7.81. The second kappa shape index (κ2) is 9.74. The van der Waals surface area contributed by atoms with Gasteiger partial charge in [-0.3, -0.25) is 9.59 Å². The van der Waals surface area contributed by atoms with Crippen LogP contribution in [0.3, 0.4) is 0 Å². The summed E-state index contributed by atoms with van der Waals surface area (Å²) < 4.78 is 10.7. The van der Waals surface area contributed by atoms with Crippen LogP contribution in [0.5, 0.6) is 0 Å². The van der Waals surface area contributed by atoms with E-state index < -0.39 is 11.2 Å². The Kier molecular flexibility index (Phi) is 9.18. The van der Waals surface area contributed by atoms with Crippen LogP contribution >= 0.6 is 0 Å². The summed E-state index contributed by atoms with van der Waals surface area (Å²) >= 11 is 0.